The van der Waals surface area contributed by atoms with Gasteiger partial charge in [-0.1, -0.05) is 10.1 Å². The summed E-state index contributed by atoms with van der Waals surface area (Å²) in [6.45, 7) is 0. The summed E-state index contributed by atoms with van der Waals surface area (Å²) in [7, 11) is 0. The van der Waals surface area contributed by atoms with Crippen molar-refractivity contribution in [1.82, 2.24) is 30.2 Å². The van der Waals surface area contributed by atoms with E-state index in [1.807, 2.05) is 0 Å². The highest BCUT2D eigenvalue weighted by Gasteiger charge is 2.07. The molecule has 2 rings (SSSR count). The van der Waals surface area contributed by atoms with Crippen molar-refractivity contribution in [2.75, 3.05) is 0 Å². The van der Waals surface area contributed by atoms with Crippen molar-refractivity contribution in [3.8, 4) is 0 Å². The molecule has 0 aliphatic rings. The summed E-state index contributed by atoms with van der Waals surface area (Å²) >= 11 is 0. The Hall–Kier alpha value is -2.25. The fourth-order valence-electron chi connectivity index (χ4n) is 0.673. The molecule has 2 aromatic heterocycles. The van der Waals surface area contributed by atoms with Crippen LogP contribution >= 0.6 is 0 Å². The van der Waals surface area contributed by atoms with E-state index in [-0.39, 0.29) is 0 Å². The van der Waals surface area contributed by atoms with Crippen LogP contribution in [0.1, 0.15) is 0 Å². The van der Waals surface area contributed by atoms with Gasteiger partial charge in [-0.15, -0.1) is 10.2 Å². The van der Waals surface area contributed by atoms with Crippen LogP contribution in [-0.2, 0) is 0 Å². The van der Waals surface area contributed by atoms with E-state index in [2.05, 4.69) is 25.5 Å². The fourth-order valence-corrected chi connectivity index (χ4v) is 0.673. The van der Waals surface area contributed by atoms with E-state index in [0.717, 1.165) is 9.53 Å². The van der Waals surface area contributed by atoms with E-state index in [1.54, 1.807) is 0 Å². The van der Waals surface area contributed by atoms with Crippen LogP contribution in [0.2, 0.25) is 0 Å². The molecule has 0 aliphatic heterocycles. The molecule has 0 radical (unpaired) electrons. The molecule has 8 heteroatoms. The summed E-state index contributed by atoms with van der Waals surface area (Å²) in [6, 6.07) is 0. The third-order valence-electron chi connectivity index (χ3n) is 1.18. The first-order chi connectivity index (χ1) is 6.36. The summed E-state index contributed by atoms with van der Waals surface area (Å²) in [5.74, 6) is 0. The van der Waals surface area contributed by atoms with Crippen LogP contribution in [0, 0.1) is 0 Å². The monoisotopic (exact) mass is 180 g/mol. The topological polar surface area (TPSA) is 87.7 Å². The Morgan fingerprint density at radius 3 is 2.54 bits per heavy atom. The number of rotatable bonds is 1. The van der Waals surface area contributed by atoms with Crippen molar-refractivity contribution < 1.29 is 9.63 Å². The summed E-state index contributed by atoms with van der Waals surface area (Å²) in [5, 5.41) is 13.7. The molecule has 0 aromatic carbocycles. The Balaban J connectivity index is 2.08. The third kappa shape index (κ3) is 1.50. The molecule has 0 saturated carbocycles. The highest BCUT2D eigenvalue weighted by molar-refractivity contribution is 5.68. The molecule has 2 aromatic rings. The second kappa shape index (κ2) is 3.01. The van der Waals surface area contributed by atoms with Gasteiger partial charge in [0.25, 0.3) is 0 Å². The smallest absolute Gasteiger partial charge is 0.296 e. The van der Waals surface area contributed by atoms with Gasteiger partial charge in [0, 0.05) is 0 Å². The van der Waals surface area contributed by atoms with Gasteiger partial charge in [0.2, 0.25) is 0 Å². The zero-order valence-electron chi connectivity index (χ0n) is 6.31. The van der Waals surface area contributed by atoms with Gasteiger partial charge in [-0.2, -0.15) is 4.68 Å². The van der Waals surface area contributed by atoms with E-state index in [4.69, 9.17) is 0 Å². The fraction of sp³-hybridized carbons (Fsp3) is 0. The summed E-state index contributed by atoms with van der Waals surface area (Å²) in [6.07, 6.45) is 4.79. The zero-order valence-corrected chi connectivity index (χ0v) is 6.31. The van der Waals surface area contributed by atoms with Crippen LogP contribution in [0.4, 0.5) is 4.79 Å². The Bertz CT molecular complexity index is 379. The maximum Gasteiger partial charge on any atom is 0.462 e. The molecular weight excluding hydrogens is 176 g/mol. The number of nitrogens with zero attached hydrogens (tertiary/aromatic N) is 6. The number of aromatic nitrogens is 6. The SMILES string of the molecule is O=C(On1ccnn1)n1ccnn1. The van der Waals surface area contributed by atoms with Gasteiger partial charge in [0.1, 0.15) is 0 Å². The minimum Gasteiger partial charge on any atom is -0.296 e. The Morgan fingerprint density at radius 2 is 1.92 bits per heavy atom. The lowest BCUT2D eigenvalue weighted by Gasteiger charge is -1.98. The van der Waals surface area contributed by atoms with Crippen molar-refractivity contribution >= 4 is 6.09 Å². The number of hydrogen-bond donors (Lipinski definition) is 0. The lowest BCUT2D eigenvalue weighted by molar-refractivity contribution is 0.111. The highest BCUT2D eigenvalue weighted by atomic mass is 16.7. The van der Waals surface area contributed by atoms with Gasteiger partial charge in [-0.25, -0.2) is 4.79 Å². The van der Waals surface area contributed by atoms with E-state index in [9.17, 15) is 4.79 Å². The minimum absolute atomic E-state index is 0.706. The van der Waals surface area contributed by atoms with Crippen molar-refractivity contribution in [2.45, 2.75) is 0 Å². The van der Waals surface area contributed by atoms with E-state index in [0.29, 0.717) is 0 Å². The maximum absolute atomic E-state index is 11.1. The Morgan fingerprint density at radius 1 is 1.15 bits per heavy atom. The van der Waals surface area contributed by atoms with Crippen LogP contribution in [0.15, 0.2) is 24.8 Å². The van der Waals surface area contributed by atoms with E-state index in [1.165, 1.54) is 24.8 Å². The molecular formula is C5H4N6O2. The van der Waals surface area contributed by atoms with Crippen molar-refractivity contribution in [2.24, 2.45) is 0 Å². The predicted octanol–water partition coefficient (Wildman–Crippen LogP) is -1.03. The predicted molar refractivity (Wildman–Crippen MR) is 37.4 cm³/mol. The number of hydrogen-bond acceptors (Lipinski definition) is 6. The minimum atomic E-state index is -0.706. The second-order valence-electron chi connectivity index (χ2n) is 2.01. The molecule has 8 nitrogen and oxygen atoms in total. The van der Waals surface area contributed by atoms with Gasteiger partial charge in [-0.3, -0.25) is 4.84 Å². The highest BCUT2D eigenvalue weighted by Crippen LogP contribution is 1.83. The van der Waals surface area contributed by atoms with Crippen LogP contribution in [0.25, 0.3) is 0 Å². The van der Waals surface area contributed by atoms with Crippen LogP contribution < -0.4 is 4.84 Å². The number of carbonyl (C=O) groups excluding carboxylic acids is 1. The maximum atomic E-state index is 11.1. The average molecular weight is 180 g/mol. The largest absolute Gasteiger partial charge is 0.462 e. The molecule has 0 saturated heterocycles. The Labute approximate surface area is 71.7 Å². The van der Waals surface area contributed by atoms with Crippen LogP contribution in [0.5, 0.6) is 0 Å². The molecule has 66 valence electrons. The van der Waals surface area contributed by atoms with Crippen molar-refractivity contribution in [3.63, 3.8) is 0 Å². The standard InChI is InChI=1S/C5H4N6O2/c12-5(10-3-1-6-8-10)13-11-4-2-7-9-11/h1-4H. The normalized spacial score (nSPS) is 9.85. The molecule has 0 amide bonds. The van der Waals surface area contributed by atoms with Crippen LogP contribution in [-0.4, -0.2) is 36.2 Å². The van der Waals surface area contributed by atoms with Gasteiger partial charge in [-0.05, 0) is 5.21 Å². The van der Waals surface area contributed by atoms with Crippen LogP contribution in [0.3, 0.4) is 0 Å². The van der Waals surface area contributed by atoms with Gasteiger partial charge >= 0.3 is 6.09 Å². The van der Waals surface area contributed by atoms with Gasteiger partial charge < -0.3 is 0 Å². The molecule has 0 aliphatic carbocycles. The molecule has 2 heterocycles. The molecule has 0 N–H and O–H groups in total. The van der Waals surface area contributed by atoms with Crippen molar-refractivity contribution in [3.05, 3.63) is 24.8 Å². The molecule has 0 spiro atoms. The number of carbonyl (C=O) groups is 1. The first kappa shape index (κ1) is 7.40. The second-order valence-corrected chi connectivity index (χ2v) is 2.01. The summed E-state index contributed by atoms with van der Waals surface area (Å²) in [5.41, 5.74) is 0. The van der Waals surface area contributed by atoms with Crippen molar-refractivity contribution in [1.29, 1.82) is 0 Å². The van der Waals surface area contributed by atoms with Gasteiger partial charge in [0.15, 0.2) is 0 Å². The Kier molecular flexibility index (Phi) is 1.71. The molecule has 13 heavy (non-hydrogen) atoms. The summed E-state index contributed by atoms with van der Waals surface area (Å²) in [4.78, 5) is 16.7. The first-order valence-electron chi connectivity index (χ1n) is 3.31. The average Bonchev–Trinajstić information content (AvgIpc) is 2.74. The molecule has 0 fully saturated rings. The first-order valence-corrected chi connectivity index (χ1v) is 3.31. The quantitative estimate of drug-likeness (QED) is 0.521. The van der Waals surface area contributed by atoms with E-state index < -0.39 is 6.09 Å². The summed E-state index contributed by atoms with van der Waals surface area (Å²) < 4.78 is 0.932. The third-order valence-corrected chi connectivity index (χ3v) is 1.18. The molecule has 0 unspecified atom stereocenters. The van der Waals surface area contributed by atoms with E-state index >= 15 is 0 Å². The molecule has 0 bridgehead atoms. The van der Waals surface area contributed by atoms with Gasteiger partial charge in [0.05, 0.1) is 24.8 Å². The lowest BCUT2D eigenvalue weighted by atomic mass is 10.9. The molecule has 0 atom stereocenters. The zero-order chi connectivity index (χ0) is 9.10. The lowest BCUT2D eigenvalue weighted by Crippen LogP contribution is -2.25.